The summed E-state index contributed by atoms with van der Waals surface area (Å²) in [5, 5.41) is 4.16. The van der Waals surface area contributed by atoms with E-state index in [4.69, 9.17) is 19.9 Å². The molecule has 0 amide bonds. The van der Waals surface area contributed by atoms with Gasteiger partial charge >= 0.3 is 0 Å². The van der Waals surface area contributed by atoms with Gasteiger partial charge in [-0.1, -0.05) is 122 Å². The van der Waals surface area contributed by atoms with Gasteiger partial charge in [-0.2, -0.15) is 0 Å². The topological polar surface area (TPSA) is 51.6 Å². The lowest BCUT2D eigenvalue weighted by Gasteiger charge is -2.15. The molecule has 0 unspecified atom stereocenters. The quantitative estimate of drug-likeness (QED) is 0.140. The van der Waals surface area contributed by atoms with E-state index in [9.17, 15) is 0 Å². The Morgan fingerprint density at radius 1 is 0.532 bits per heavy atom. The molecule has 0 aliphatic heterocycles. The summed E-state index contributed by atoms with van der Waals surface area (Å²) < 4.78 is 0. The fourth-order valence-electron chi connectivity index (χ4n) is 6.12. The van der Waals surface area contributed by atoms with Crippen molar-refractivity contribution in [2.24, 2.45) is 0 Å². The molecule has 0 aliphatic rings. The smallest absolute Gasteiger partial charge is 0.0979 e. The van der Waals surface area contributed by atoms with Gasteiger partial charge in [0.2, 0.25) is 0 Å². The maximum atomic E-state index is 5.31. The highest BCUT2D eigenvalue weighted by Gasteiger charge is 2.18. The molecule has 4 nitrogen and oxygen atoms in total. The average molecular weight is 603 g/mol. The van der Waals surface area contributed by atoms with Crippen molar-refractivity contribution in [2.45, 2.75) is 6.92 Å². The lowest BCUT2D eigenvalue weighted by Crippen LogP contribution is -1.98. The first-order valence-corrected chi connectivity index (χ1v) is 15.7. The van der Waals surface area contributed by atoms with Crippen LogP contribution in [0.25, 0.3) is 83.0 Å². The number of fused-ring (bicyclic) bond motifs is 5. The fourth-order valence-corrected chi connectivity index (χ4v) is 6.12. The third-order valence-electron chi connectivity index (χ3n) is 8.51. The van der Waals surface area contributed by atoms with Crippen LogP contribution in [0.15, 0.2) is 158 Å². The first-order valence-electron chi connectivity index (χ1n) is 15.7. The van der Waals surface area contributed by atoms with Gasteiger partial charge in [0.25, 0.3) is 0 Å². The molecule has 0 bridgehead atoms. The highest BCUT2D eigenvalue weighted by atomic mass is 14.8. The Hall–Kier alpha value is -6.26. The van der Waals surface area contributed by atoms with Gasteiger partial charge in [-0.05, 0) is 48.9 Å². The molecule has 8 aromatic rings. The van der Waals surface area contributed by atoms with Crippen LogP contribution in [0.4, 0.5) is 0 Å². The largest absolute Gasteiger partial charge is 0.248 e. The molecule has 0 N–H and O–H groups in total. The number of nitrogens with zero attached hydrogens (tertiary/aromatic N) is 4. The van der Waals surface area contributed by atoms with Crippen LogP contribution in [-0.4, -0.2) is 19.9 Å². The van der Waals surface area contributed by atoms with E-state index in [0.29, 0.717) is 0 Å². The number of aromatic nitrogens is 4. The number of benzene rings is 4. The third-order valence-corrected chi connectivity index (χ3v) is 8.51. The van der Waals surface area contributed by atoms with Gasteiger partial charge < -0.3 is 0 Å². The Kier molecular flexibility index (Phi) is 7.16. The number of allylic oxidation sites excluding steroid dienone is 5. The molecule has 0 saturated heterocycles. The van der Waals surface area contributed by atoms with E-state index in [1.165, 1.54) is 0 Å². The molecule has 8 rings (SSSR count). The summed E-state index contributed by atoms with van der Waals surface area (Å²) in [6.45, 7) is 6.39. The van der Waals surface area contributed by atoms with E-state index in [2.05, 4.69) is 85.4 Å². The average Bonchev–Trinajstić information content (AvgIpc) is 3.13. The van der Waals surface area contributed by atoms with Crippen molar-refractivity contribution in [1.82, 2.24) is 19.9 Å². The zero-order valence-corrected chi connectivity index (χ0v) is 25.9. The molecule has 4 heterocycles. The second-order valence-corrected chi connectivity index (χ2v) is 11.5. The lowest BCUT2D eigenvalue weighted by atomic mass is 9.96. The summed E-state index contributed by atoms with van der Waals surface area (Å²) in [6.07, 6.45) is 7.96. The van der Waals surface area contributed by atoms with Crippen LogP contribution in [0.1, 0.15) is 12.6 Å². The number of rotatable bonds is 6. The molecule has 4 aromatic heterocycles. The summed E-state index contributed by atoms with van der Waals surface area (Å²) in [7, 11) is 0. The van der Waals surface area contributed by atoms with Gasteiger partial charge in [-0.3, -0.25) is 0 Å². The molecule has 222 valence electrons. The Balaban J connectivity index is 1.45. The van der Waals surface area contributed by atoms with E-state index in [1.807, 2.05) is 79.8 Å². The van der Waals surface area contributed by atoms with Crippen LogP contribution in [0, 0.1) is 0 Å². The minimum atomic E-state index is 0.771. The normalized spacial score (nSPS) is 11.9. The maximum Gasteiger partial charge on any atom is 0.0979 e. The summed E-state index contributed by atoms with van der Waals surface area (Å²) in [4.78, 5) is 20.8. The highest BCUT2D eigenvalue weighted by molar-refractivity contribution is 6.13. The lowest BCUT2D eigenvalue weighted by molar-refractivity contribution is 1.32. The third kappa shape index (κ3) is 5.26. The molecular formula is C43H30N4. The van der Waals surface area contributed by atoms with Crippen molar-refractivity contribution in [1.29, 1.82) is 0 Å². The summed E-state index contributed by atoms with van der Waals surface area (Å²) >= 11 is 0. The fraction of sp³-hybridized carbons (Fsp3) is 0.0233. The molecule has 0 aliphatic carbocycles. The highest BCUT2D eigenvalue weighted by Crippen LogP contribution is 2.38. The Morgan fingerprint density at radius 2 is 1.11 bits per heavy atom. The minimum absolute atomic E-state index is 0.771. The van der Waals surface area contributed by atoms with Crippen LogP contribution in [0.2, 0.25) is 0 Å². The Labute approximate surface area is 273 Å². The number of pyridine rings is 4. The van der Waals surface area contributed by atoms with Crippen LogP contribution >= 0.6 is 0 Å². The van der Waals surface area contributed by atoms with Gasteiger partial charge in [0.05, 0.1) is 44.8 Å². The second kappa shape index (κ2) is 11.9. The van der Waals surface area contributed by atoms with Crippen LogP contribution < -0.4 is 0 Å². The second-order valence-electron chi connectivity index (χ2n) is 11.5. The zero-order valence-electron chi connectivity index (χ0n) is 25.9. The van der Waals surface area contributed by atoms with E-state index < -0.39 is 0 Å². The molecule has 4 aromatic carbocycles. The Morgan fingerprint density at radius 3 is 1.74 bits per heavy atom. The number of para-hydroxylation sites is 2. The number of hydrogen-bond acceptors (Lipinski definition) is 4. The van der Waals surface area contributed by atoms with Crippen molar-refractivity contribution >= 4 is 49.2 Å². The van der Waals surface area contributed by atoms with Crippen molar-refractivity contribution in [2.75, 3.05) is 0 Å². The molecule has 0 atom stereocenters. The Bertz CT molecular complexity index is 2550. The predicted molar refractivity (Wildman–Crippen MR) is 197 cm³/mol. The van der Waals surface area contributed by atoms with Gasteiger partial charge in [-0.25, -0.2) is 19.9 Å². The predicted octanol–water partition coefficient (Wildman–Crippen LogP) is 11.0. The van der Waals surface area contributed by atoms with Crippen LogP contribution in [0.5, 0.6) is 0 Å². The van der Waals surface area contributed by atoms with Crippen LogP contribution in [0.3, 0.4) is 0 Å². The van der Waals surface area contributed by atoms with E-state index >= 15 is 0 Å². The van der Waals surface area contributed by atoms with Crippen LogP contribution in [-0.2, 0) is 0 Å². The maximum absolute atomic E-state index is 5.31. The minimum Gasteiger partial charge on any atom is -0.248 e. The molecular weight excluding hydrogens is 573 g/mol. The van der Waals surface area contributed by atoms with Gasteiger partial charge in [-0.15, -0.1) is 0 Å². The monoisotopic (exact) mass is 602 g/mol. The van der Waals surface area contributed by atoms with Gasteiger partial charge in [0.15, 0.2) is 0 Å². The SMILES string of the molecule is C=C(/C=C\C=C/C)c1cc(-c2ccc3ccccc3n2)c2ccc3c(-c4ccc5ccccc5n4)cc(-c4ccccc4)nc3c2n1. The summed E-state index contributed by atoms with van der Waals surface area (Å²) in [6, 6.07) is 43.7. The summed E-state index contributed by atoms with van der Waals surface area (Å²) in [5.41, 5.74) is 10.7. The first-order chi connectivity index (χ1) is 23.2. The van der Waals surface area contributed by atoms with Gasteiger partial charge in [0.1, 0.15) is 0 Å². The van der Waals surface area contributed by atoms with E-state index in [1.54, 1.807) is 0 Å². The van der Waals surface area contributed by atoms with Crippen molar-refractivity contribution in [3.63, 3.8) is 0 Å². The molecule has 0 fully saturated rings. The molecule has 0 spiro atoms. The molecule has 4 heteroatoms. The van der Waals surface area contributed by atoms with Crippen molar-refractivity contribution in [3.8, 4) is 33.8 Å². The summed E-state index contributed by atoms with van der Waals surface area (Å²) in [5.74, 6) is 0. The molecule has 0 radical (unpaired) electrons. The van der Waals surface area contributed by atoms with Crippen molar-refractivity contribution < 1.29 is 0 Å². The van der Waals surface area contributed by atoms with E-state index in [0.717, 1.165) is 88.7 Å². The molecule has 0 saturated carbocycles. The number of hydrogen-bond donors (Lipinski definition) is 0. The first kappa shape index (κ1) is 28.2. The van der Waals surface area contributed by atoms with Gasteiger partial charge in [0, 0.05) is 38.2 Å². The van der Waals surface area contributed by atoms with Crippen molar-refractivity contribution in [3.05, 3.63) is 164 Å². The zero-order chi connectivity index (χ0) is 31.7. The van der Waals surface area contributed by atoms with E-state index in [-0.39, 0.29) is 0 Å². The molecule has 47 heavy (non-hydrogen) atoms. The standard InChI is InChI=1S/C43H30N4/c1-3-4-6-13-28(2)40-26-34(38-24-20-30-16-9-11-18-36(30)44-38)32-22-23-33-35(39-25-21-31-17-10-12-19-37(31)45-39)27-41(29-14-7-5-8-15-29)47-43(33)42(32)46-40/h3-27H,2H2,1H3/b4-3-,13-6-.